The molecule has 1 unspecified atom stereocenters. The molecule has 1 aliphatic rings. The number of nitrogens with one attached hydrogen (secondary N) is 1. The Balaban J connectivity index is 1.77. The monoisotopic (exact) mass is 253 g/mol. The first kappa shape index (κ1) is 13.0. The lowest BCUT2D eigenvalue weighted by atomic mass is 10.1. The molecule has 0 spiro atoms. The number of hydrogen-bond acceptors (Lipinski definition) is 4. The Morgan fingerprint density at radius 1 is 1.47 bits per heavy atom. The van der Waals surface area contributed by atoms with Gasteiger partial charge in [-0.3, -0.25) is 4.90 Å². The predicted octanol–water partition coefficient (Wildman–Crippen LogP) is 2.42. The largest absolute Gasteiger partial charge is 0.313 e. The van der Waals surface area contributed by atoms with E-state index in [1.807, 2.05) is 0 Å². The van der Waals surface area contributed by atoms with Crippen LogP contribution in [0.4, 0.5) is 0 Å². The Bertz CT molecular complexity index is 329. The average molecular weight is 253 g/mol. The molecular formula is C13H23N3S. The van der Waals surface area contributed by atoms with E-state index in [9.17, 15) is 0 Å². The lowest BCUT2D eigenvalue weighted by Gasteiger charge is -2.23. The second-order valence-electron chi connectivity index (χ2n) is 5.05. The first-order chi connectivity index (χ1) is 8.24. The molecule has 0 amide bonds. The fourth-order valence-electron chi connectivity index (χ4n) is 2.45. The van der Waals surface area contributed by atoms with Gasteiger partial charge in [0.05, 0.1) is 10.7 Å². The zero-order chi connectivity index (χ0) is 12.1. The minimum atomic E-state index is 0.669. The Morgan fingerprint density at radius 3 is 3.12 bits per heavy atom. The summed E-state index contributed by atoms with van der Waals surface area (Å²) in [4.78, 5) is 6.91. The van der Waals surface area contributed by atoms with Gasteiger partial charge in [0.25, 0.3) is 0 Å². The molecule has 1 aliphatic heterocycles. The number of likely N-dealkylation sites (N-methyl/N-ethyl adjacent to an activating group) is 1. The summed E-state index contributed by atoms with van der Waals surface area (Å²) in [5.74, 6) is 0. The van der Waals surface area contributed by atoms with E-state index >= 15 is 0 Å². The SMILES string of the molecule is Cc1nc(CN(C)CC2CCCCCN2)cs1. The molecule has 2 rings (SSSR count). The third-order valence-corrected chi connectivity index (χ3v) is 4.12. The number of hydrogen-bond donors (Lipinski definition) is 1. The average Bonchev–Trinajstić information content (AvgIpc) is 2.53. The zero-order valence-corrected chi connectivity index (χ0v) is 11.7. The molecule has 1 fully saturated rings. The Morgan fingerprint density at radius 2 is 2.35 bits per heavy atom. The number of aromatic nitrogens is 1. The molecule has 4 heteroatoms. The fraction of sp³-hybridized carbons (Fsp3) is 0.769. The molecule has 0 radical (unpaired) electrons. The lowest BCUT2D eigenvalue weighted by molar-refractivity contribution is 0.276. The number of aryl methyl sites for hydroxylation is 1. The van der Waals surface area contributed by atoms with Crippen LogP contribution in [0.2, 0.25) is 0 Å². The van der Waals surface area contributed by atoms with Crippen molar-refractivity contribution in [3.63, 3.8) is 0 Å². The molecule has 1 aromatic rings. The van der Waals surface area contributed by atoms with Gasteiger partial charge in [0, 0.05) is 24.5 Å². The molecule has 1 N–H and O–H groups in total. The van der Waals surface area contributed by atoms with Gasteiger partial charge in [-0.2, -0.15) is 0 Å². The predicted molar refractivity (Wildman–Crippen MR) is 73.4 cm³/mol. The zero-order valence-electron chi connectivity index (χ0n) is 10.9. The van der Waals surface area contributed by atoms with Crippen LogP contribution in [0.25, 0.3) is 0 Å². The molecular weight excluding hydrogens is 230 g/mol. The second kappa shape index (κ2) is 6.47. The van der Waals surface area contributed by atoms with E-state index in [-0.39, 0.29) is 0 Å². The van der Waals surface area contributed by atoms with Crippen LogP contribution >= 0.6 is 11.3 Å². The summed E-state index contributed by atoms with van der Waals surface area (Å²) in [6.45, 7) is 5.37. The maximum atomic E-state index is 4.52. The standard InChI is InChI=1S/C13H23N3S/c1-11-15-13(10-17-11)9-16(2)8-12-6-4-3-5-7-14-12/h10,12,14H,3-9H2,1-2H3. The van der Waals surface area contributed by atoms with Gasteiger partial charge in [-0.05, 0) is 33.4 Å². The van der Waals surface area contributed by atoms with E-state index in [4.69, 9.17) is 0 Å². The number of thiazole rings is 1. The number of nitrogens with zero attached hydrogens (tertiary/aromatic N) is 2. The van der Waals surface area contributed by atoms with Crippen LogP contribution < -0.4 is 5.32 Å². The highest BCUT2D eigenvalue weighted by Gasteiger charge is 2.14. The van der Waals surface area contributed by atoms with Gasteiger partial charge in [-0.25, -0.2) is 4.98 Å². The molecule has 2 heterocycles. The van der Waals surface area contributed by atoms with Crippen molar-refractivity contribution in [1.29, 1.82) is 0 Å². The molecule has 0 aromatic carbocycles. The minimum Gasteiger partial charge on any atom is -0.313 e. The molecule has 17 heavy (non-hydrogen) atoms. The molecule has 96 valence electrons. The van der Waals surface area contributed by atoms with Crippen LogP contribution in [0, 0.1) is 6.92 Å². The molecule has 0 saturated carbocycles. The third kappa shape index (κ3) is 4.37. The molecule has 3 nitrogen and oxygen atoms in total. The van der Waals surface area contributed by atoms with Crippen LogP contribution in [-0.2, 0) is 6.54 Å². The van der Waals surface area contributed by atoms with E-state index in [1.165, 1.54) is 42.9 Å². The Labute approximate surface area is 108 Å². The van der Waals surface area contributed by atoms with Crippen molar-refractivity contribution >= 4 is 11.3 Å². The fourth-order valence-corrected chi connectivity index (χ4v) is 3.06. The van der Waals surface area contributed by atoms with E-state index in [0.29, 0.717) is 6.04 Å². The first-order valence-electron chi connectivity index (χ1n) is 6.57. The third-order valence-electron chi connectivity index (χ3n) is 3.29. The summed E-state index contributed by atoms with van der Waals surface area (Å²) < 4.78 is 0. The van der Waals surface area contributed by atoms with Gasteiger partial charge in [0.15, 0.2) is 0 Å². The van der Waals surface area contributed by atoms with Gasteiger partial charge < -0.3 is 5.32 Å². The highest BCUT2D eigenvalue weighted by Crippen LogP contribution is 2.12. The van der Waals surface area contributed by atoms with Crippen molar-refractivity contribution in [2.24, 2.45) is 0 Å². The van der Waals surface area contributed by atoms with E-state index in [0.717, 1.165) is 13.1 Å². The van der Waals surface area contributed by atoms with Crippen molar-refractivity contribution < 1.29 is 0 Å². The van der Waals surface area contributed by atoms with Crippen molar-refractivity contribution in [1.82, 2.24) is 15.2 Å². The maximum absolute atomic E-state index is 4.52. The van der Waals surface area contributed by atoms with Crippen LogP contribution in [-0.4, -0.2) is 36.1 Å². The van der Waals surface area contributed by atoms with E-state index in [1.54, 1.807) is 11.3 Å². The Hall–Kier alpha value is -0.450. The van der Waals surface area contributed by atoms with Gasteiger partial charge >= 0.3 is 0 Å². The van der Waals surface area contributed by atoms with Crippen molar-refractivity contribution in [3.05, 3.63) is 16.1 Å². The topological polar surface area (TPSA) is 28.2 Å². The molecule has 1 atom stereocenters. The molecule has 1 aromatic heterocycles. The van der Waals surface area contributed by atoms with Crippen molar-refractivity contribution in [2.45, 2.75) is 45.2 Å². The van der Waals surface area contributed by atoms with Gasteiger partial charge in [-0.1, -0.05) is 12.8 Å². The van der Waals surface area contributed by atoms with Crippen molar-refractivity contribution in [2.75, 3.05) is 20.1 Å². The Kier molecular flexibility index (Phi) is 4.95. The summed E-state index contributed by atoms with van der Waals surface area (Å²) in [5.41, 5.74) is 1.21. The van der Waals surface area contributed by atoms with Crippen LogP contribution in [0.5, 0.6) is 0 Å². The highest BCUT2D eigenvalue weighted by molar-refractivity contribution is 7.09. The smallest absolute Gasteiger partial charge is 0.0897 e. The summed E-state index contributed by atoms with van der Waals surface area (Å²) in [6.07, 6.45) is 5.42. The lowest BCUT2D eigenvalue weighted by Crippen LogP contribution is -2.38. The van der Waals surface area contributed by atoms with Gasteiger partial charge in [0.1, 0.15) is 0 Å². The summed E-state index contributed by atoms with van der Waals surface area (Å²) >= 11 is 1.74. The van der Waals surface area contributed by atoms with Crippen LogP contribution in [0.15, 0.2) is 5.38 Å². The highest BCUT2D eigenvalue weighted by atomic mass is 32.1. The summed E-state index contributed by atoms with van der Waals surface area (Å²) in [6, 6.07) is 0.669. The normalized spacial score (nSPS) is 21.7. The van der Waals surface area contributed by atoms with Gasteiger partial charge in [0.2, 0.25) is 0 Å². The molecule has 0 aliphatic carbocycles. The number of rotatable bonds is 4. The van der Waals surface area contributed by atoms with E-state index in [2.05, 4.69) is 34.6 Å². The molecule has 0 bridgehead atoms. The quantitative estimate of drug-likeness (QED) is 0.893. The summed E-state index contributed by atoms with van der Waals surface area (Å²) in [5, 5.41) is 6.98. The second-order valence-corrected chi connectivity index (χ2v) is 6.12. The summed E-state index contributed by atoms with van der Waals surface area (Å²) in [7, 11) is 2.20. The van der Waals surface area contributed by atoms with E-state index < -0.39 is 0 Å². The van der Waals surface area contributed by atoms with Crippen LogP contribution in [0.3, 0.4) is 0 Å². The van der Waals surface area contributed by atoms with Crippen LogP contribution in [0.1, 0.15) is 36.4 Å². The minimum absolute atomic E-state index is 0.669. The van der Waals surface area contributed by atoms with Gasteiger partial charge in [-0.15, -0.1) is 11.3 Å². The first-order valence-corrected chi connectivity index (χ1v) is 7.45. The maximum Gasteiger partial charge on any atom is 0.0897 e. The van der Waals surface area contributed by atoms with Crippen molar-refractivity contribution in [3.8, 4) is 0 Å². The molecule has 1 saturated heterocycles.